The van der Waals surface area contributed by atoms with Gasteiger partial charge in [0.05, 0.1) is 11.8 Å². The van der Waals surface area contributed by atoms with Crippen LogP contribution in [0.15, 0.2) is 79.1 Å². The average Bonchev–Trinajstić information content (AvgIpc) is 3.21. The highest BCUT2D eigenvalue weighted by Gasteiger charge is 2.05. The third-order valence-electron chi connectivity index (χ3n) is 4.82. The van der Waals surface area contributed by atoms with E-state index in [0.717, 1.165) is 34.9 Å². The highest BCUT2D eigenvalue weighted by molar-refractivity contribution is 5.39. The number of rotatable bonds is 10. The Labute approximate surface area is 182 Å². The number of nitrogens with zero attached hydrogens (tertiary/aromatic N) is 2. The van der Waals surface area contributed by atoms with Crippen molar-refractivity contribution in [1.29, 1.82) is 0 Å². The zero-order chi connectivity index (χ0) is 21.5. The van der Waals surface area contributed by atoms with Crippen LogP contribution in [0.2, 0.25) is 0 Å². The van der Waals surface area contributed by atoms with E-state index in [2.05, 4.69) is 22.4 Å². The summed E-state index contributed by atoms with van der Waals surface area (Å²) in [4.78, 5) is 4.55. The van der Waals surface area contributed by atoms with Gasteiger partial charge in [0, 0.05) is 31.0 Å². The standard InChI is InChI=1S/C25H27N3O3/c1-19(29)17-31-24-7-3-2-6-21(24)15-26-14-20-9-11-23(12-10-20)30-18-22-16-28-13-5-4-8-25(28)27-22/h2-13,16,19,26,29H,14-15,17-18H2,1H3. The van der Waals surface area contributed by atoms with Crippen molar-refractivity contribution in [2.24, 2.45) is 0 Å². The first-order valence-corrected chi connectivity index (χ1v) is 10.4. The van der Waals surface area contributed by atoms with Crippen LogP contribution in [0.25, 0.3) is 5.65 Å². The van der Waals surface area contributed by atoms with Crippen molar-refractivity contribution >= 4 is 5.65 Å². The fourth-order valence-corrected chi connectivity index (χ4v) is 3.26. The normalized spacial score (nSPS) is 12.1. The number of pyridine rings is 1. The number of benzene rings is 2. The highest BCUT2D eigenvalue weighted by Crippen LogP contribution is 2.19. The molecule has 2 aromatic heterocycles. The van der Waals surface area contributed by atoms with Crippen LogP contribution in [0.5, 0.6) is 11.5 Å². The minimum atomic E-state index is -0.491. The number of para-hydroxylation sites is 1. The molecule has 0 radical (unpaired) electrons. The molecule has 2 N–H and O–H groups in total. The van der Waals surface area contributed by atoms with E-state index in [9.17, 15) is 5.11 Å². The van der Waals surface area contributed by atoms with E-state index in [4.69, 9.17) is 9.47 Å². The van der Waals surface area contributed by atoms with Gasteiger partial charge >= 0.3 is 0 Å². The molecule has 0 saturated heterocycles. The molecule has 6 nitrogen and oxygen atoms in total. The maximum atomic E-state index is 9.43. The van der Waals surface area contributed by atoms with Crippen molar-refractivity contribution in [3.05, 3.63) is 95.9 Å². The summed E-state index contributed by atoms with van der Waals surface area (Å²) >= 11 is 0. The van der Waals surface area contributed by atoms with E-state index in [1.165, 1.54) is 5.56 Å². The Hall–Kier alpha value is -3.35. The van der Waals surface area contributed by atoms with Gasteiger partial charge in [0.2, 0.25) is 0 Å². The van der Waals surface area contributed by atoms with Crippen LogP contribution in [0.3, 0.4) is 0 Å². The van der Waals surface area contributed by atoms with Crippen molar-refractivity contribution in [2.75, 3.05) is 6.61 Å². The van der Waals surface area contributed by atoms with Gasteiger partial charge in [-0.05, 0) is 42.8 Å². The lowest BCUT2D eigenvalue weighted by Gasteiger charge is -2.13. The van der Waals surface area contributed by atoms with Crippen LogP contribution in [-0.4, -0.2) is 27.2 Å². The Bertz CT molecular complexity index is 1070. The third kappa shape index (κ3) is 5.84. The summed E-state index contributed by atoms with van der Waals surface area (Å²) in [6.07, 6.45) is 3.47. The summed E-state index contributed by atoms with van der Waals surface area (Å²) in [5, 5.41) is 12.9. The summed E-state index contributed by atoms with van der Waals surface area (Å²) in [5.74, 6) is 1.62. The molecule has 0 fully saturated rings. The molecule has 0 spiro atoms. The number of hydrogen-bond acceptors (Lipinski definition) is 5. The van der Waals surface area contributed by atoms with Crippen molar-refractivity contribution in [3.63, 3.8) is 0 Å². The number of imidazole rings is 1. The Morgan fingerprint density at radius 1 is 0.968 bits per heavy atom. The molecule has 2 heterocycles. The van der Waals surface area contributed by atoms with Gasteiger partial charge in [0.25, 0.3) is 0 Å². The first kappa shape index (κ1) is 20.9. The maximum Gasteiger partial charge on any atom is 0.137 e. The molecule has 0 saturated carbocycles. The van der Waals surface area contributed by atoms with Crippen molar-refractivity contribution in [3.8, 4) is 11.5 Å². The van der Waals surface area contributed by atoms with Crippen LogP contribution in [0.1, 0.15) is 23.7 Å². The van der Waals surface area contributed by atoms with E-state index in [-0.39, 0.29) is 6.61 Å². The number of aliphatic hydroxyl groups excluding tert-OH is 1. The second kappa shape index (κ2) is 10.1. The van der Waals surface area contributed by atoms with Gasteiger partial charge in [-0.15, -0.1) is 0 Å². The predicted octanol–water partition coefficient (Wildman–Crippen LogP) is 3.96. The van der Waals surface area contributed by atoms with Gasteiger partial charge in [0.15, 0.2) is 0 Å². The number of aliphatic hydroxyl groups is 1. The van der Waals surface area contributed by atoms with Gasteiger partial charge in [-0.3, -0.25) is 0 Å². The molecular weight excluding hydrogens is 390 g/mol. The van der Waals surface area contributed by atoms with Crippen LogP contribution >= 0.6 is 0 Å². The molecular formula is C25H27N3O3. The molecule has 1 atom stereocenters. The van der Waals surface area contributed by atoms with Crippen molar-refractivity contribution in [2.45, 2.75) is 32.7 Å². The first-order valence-electron chi connectivity index (χ1n) is 10.4. The number of aromatic nitrogens is 2. The van der Waals surface area contributed by atoms with Crippen LogP contribution in [0.4, 0.5) is 0 Å². The van der Waals surface area contributed by atoms with Crippen molar-refractivity contribution in [1.82, 2.24) is 14.7 Å². The summed E-state index contributed by atoms with van der Waals surface area (Å²) in [6.45, 7) is 3.85. The average molecular weight is 418 g/mol. The third-order valence-corrected chi connectivity index (χ3v) is 4.82. The fraction of sp³-hybridized carbons (Fsp3) is 0.240. The Morgan fingerprint density at radius 2 is 1.77 bits per heavy atom. The molecule has 0 aliphatic heterocycles. The largest absolute Gasteiger partial charge is 0.491 e. The van der Waals surface area contributed by atoms with Crippen LogP contribution < -0.4 is 14.8 Å². The van der Waals surface area contributed by atoms with Gasteiger partial charge in [-0.2, -0.15) is 0 Å². The summed E-state index contributed by atoms with van der Waals surface area (Å²) < 4.78 is 13.6. The summed E-state index contributed by atoms with van der Waals surface area (Å²) in [5.41, 5.74) is 4.05. The van der Waals surface area contributed by atoms with Gasteiger partial charge in [-0.1, -0.05) is 36.4 Å². The van der Waals surface area contributed by atoms with Gasteiger partial charge in [-0.25, -0.2) is 4.98 Å². The topological polar surface area (TPSA) is 68.0 Å². The minimum Gasteiger partial charge on any atom is -0.491 e. The number of fused-ring (bicyclic) bond motifs is 1. The monoisotopic (exact) mass is 417 g/mol. The lowest BCUT2D eigenvalue weighted by atomic mass is 10.2. The van der Waals surface area contributed by atoms with Gasteiger partial charge < -0.3 is 24.3 Å². The fourth-order valence-electron chi connectivity index (χ4n) is 3.26. The molecule has 1 unspecified atom stereocenters. The Morgan fingerprint density at radius 3 is 2.58 bits per heavy atom. The number of ether oxygens (including phenoxy) is 2. The second-order valence-corrected chi connectivity index (χ2v) is 7.50. The van der Waals surface area contributed by atoms with E-state index in [1.807, 2.05) is 71.4 Å². The second-order valence-electron chi connectivity index (χ2n) is 7.50. The van der Waals surface area contributed by atoms with Crippen molar-refractivity contribution < 1.29 is 14.6 Å². The van der Waals surface area contributed by atoms with E-state index in [1.54, 1.807) is 6.92 Å². The maximum absolute atomic E-state index is 9.43. The summed E-state index contributed by atoms with van der Waals surface area (Å²) in [6, 6.07) is 21.9. The lowest BCUT2D eigenvalue weighted by Crippen LogP contribution is -2.16. The Balaban J connectivity index is 1.26. The van der Waals surface area contributed by atoms with E-state index >= 15 is 0 Å². The SMILES string of the molecule is CC(O)COc1ccccc1CNCc1ccc(OCc2cn3ccccc3n2)cc1. The quantitative estimate of drug-likeness (QED) is 0.409. The molecule has 160 valence electrons. The van der Waals surface area contributed by atoms with Gasteiger partial charge in [0.1, 0.15) is 30.4 Å². The van der Waals surface area contributed by atoms with Crippen LogP contribution in [0, 0.1) is 0 Å². The number of nitrogens with one attached hydrogen (secondary N) is 1. The van der Waals surface area contributed by atoms with E-state index < -0.39 is 6.10 Å². The minimum absolute atomic E-state index is 0.285. The zero-order valence-electron chi connectivity index (χ0n) is 17.6. The highest BCUT2D eigenvalue weighted by atomic mass is 16.5. The molecule has 4 rings (SSSR count). The first-order chi connectivity index (χ1) is 15.2. The Kier molecular flexibility index (Phi) is 6.82. The molecule has 0 amide bonds. The molecule has 6 heteroatoms. The predicted molar refractivity (Wildman–Crippen MR) is 120 cm³/mol. The molecule has 4 aromatic rings. The molecule has 31 heavy (non-hydrogen) atoms. The molecule has 2 aromatic carbocycles. The lowest BCUT2D eigenvalue weighted by molar-refractivity contribution is 0.122. The smallest absolute Gasteiger partial charge is 0.137 e. The molecule has 0 aliphatic rings. The molecule has 0 bridgehead atoms. The number of hydrogen-bond donors (Lipinski definition) is 2. The van der Waals surface area contributed by atoms with E-state index in [0.29, 0.717) is 13.2 Å². The molecule has 0 aliphatic carbocycles. The zero-order valence-corrected chi connectivity index (χ0v) is 17.6. The summed E-state index contributed by atoms with van der Waals surface area (Å²) in [7, 11) is 0. The van der Waals surface area contributed by atoms with Crippen LogP contribution in [-0.2, 0) is 19.7 Å².